The average Bonchev–Trinajstić information content (AvgIpc) is 2.58. The Balaban J connectivity index is 1.97. The summed E-state index contributed by atoms with van der Waals surface area (Å²) in [5.74, 6) is -1.99. The Morgan fingerprint density at radius 2 is 2.15 bits per heavy atom. The van der Waals surface area contributed by atoms with Crippen LogP contribution in [-0.4, -0.2) is 65.1 Å². The summed E-state index contributed by atoms with van der Waals surface area (Å²) in [6, 6.07) is 3.34. The van der Waals surface area contributed by atoms with Crippen molar-refractivity contribution in [1.29, 1.82) is 0 Å². The van der Waals surface area contributed by atoms with Crippen molar-refractivity contribution in [2.24, 2.45) is 0 Å². The van der Waals surface area contributed by atoms with Gasteiger partial charge in [-0.25, -0.2) is 0 Å². The molecule has 140 valence electrons. The first-order valence-electron chi connectivity index (χ1n) is 7.92. The molecule has 2 rings (SSSR count). The lowest BCUT2D eigenvalue weighted by Gasteiger charge is -2.34. The highest BCUT2D eigenvalue weighted by atomic mass is 16.6. The highest BCUT2D eigenvalue weighted by Crippen LogP contribution is 2.18. The fourth-order valence-electron chi connectivity index (χ4n) is 2.71. The number of aryl methyl sites for hydroxylation is 1. The number of amides is 2. The first-order valence-corrected chi connectivity index (χ1v) is 7.92. The quantitative estimate of drug-likeness (QED) is 0.547. The molecule has 1 saturated heterocycles. The number of carbonyl (C=O) groups is 3. The zero-order chi connectivity index (χ0) is 19.3. The first kappa shape index (κ1) is 19.3. The van der Waals surface area contributed by atoms with Crippen molar-refractivity contribution in [3.8, 4) is 0 Å². The lowest BCUT2D eigenvalue weighted by Crippen LogP contribution is -2.52. The third kappa shape index (κ3) is 4.76. The van der Waals surface area contributed by atoms with Gasteiger partial charge >= 0.3 is 5.97 Å². The fourth-order valence-corrected chi connectivity index (χ4v) is 2.71. The normalized spacial score (nSPS) is 16.8. The van der Waals surface area contributed by atoms with E-state index in [0.29, 0.717) is 12.2 Å². The van der Waals surface area contributed by atoms with Crippen LogP contribution in [0.2, 0.25) is 0 Å². The largest absolute Gasteiger partial charge is 0.481 e. The van der Waals surface area contributed by atoms with Gasteiger partial charge in [-0.3, -0.25) is 24.5 Å². The van der Waals surface area contributed by atoms with E-state index in [1.807, 2.05) is 0 Å². The van der Waals surface area contributed by atoms with Gasteiger partial charge in [-0.1, -0.05) is 0 Å². The van der Waals surface area contributed by atoms with Crippen LogP contribution in [0.5, 0.6) is 0 Å². The molecule has 0 saturated carbocycles. The molecule has 1 aromatic carbocycles. The molecular formula is C16H19N3O7. The van der Waals surface area contributed by atoms with Crippen LogP contribution in [0.4, 0.5) is 5.69 Å². The number of nitro groups is 1. The number of benzene rings is 1. The minimum atomic E-state index is -1.04. The number of ether oxygens (including phenoxy) is 1. The Hall–Kier alpha value is -3.01. The van der Waals surface area contributed by atoms with Crippen LogP contribution >= 0.6 is 0 Å². The Morgan fingerprint density at radius 3 is 2.77 bits per heavy atom. The first-order chi connectivity index (χ1) is 12.3. The number of nitrogens with one attached hydrogen (secondary N) is 1. The molecule has 1 unspecified atom stereocenters. The second kappa shape index (κ2) is 8.39. The maximum Gasteiger partial charge on any atom is 0.305 e. The van der Waals surface area contributed by atoms with Crippen molar-refractivity contribution >= 4 is 23.5 Å². The number of aliphatic carboxylic acids is 1. The van der Waals surface area contributed by atoms with Gasteiger partial charge in [0.15, 0.2) is 0 Å². The highest BCUT2D eigenvalue weighted by Gasteiger charge is 2.29. The Kier molecular flexibility index (Phi) is 6.23. The molecule has 1 aliphatic rings. The molecule has 1 heterocycles. The summed E-state index contributed by atoms with van der Waals surface area (Å²) in [7, 11) is 0. The van der Waals surface area contributed by atoms with E-state index < -0.39 is 28.7 Å². The van der Waals surface area contributed by atoms with Gasteiger partial charge in [0.25, 0.3) is 11.6 Å². The summed E-state index contributed by atoms with van der Waals surface area (Å²) >= 11 is 0. The maximum atomic E-state index is 12.3. The molecule has 1 aliphatic heterocycles. The van der Waals surface area contributed by atoms with E-state index in [0.717, 1.165) is 0 Å². The maximum absolute atomic E-state index is 12.3. The molecule has 1 fully saturated rings. The third-order valence-corrected chi connectivity index (χ3v) is 4.01. The smallest absolute Gasteiger partial charge is 0.305 e. The standard InChI is InChI=1S/C16H19N3O7/c1-10-6-11(2-3-13(10)19(24)25)16(23)17-8-14(20)18-4-5-26-9-12(18)7-15(21)22/h2-3,6,12H,4-5,7-9H2,1H3,(H,17,23)(H,21,22). The summed E-state index contributed by atoms with van der Waals surface area (Å²) in [6.45, 7) is 1.91. The molecule has 2 N–H and O–H groups in total. The van der Waals surface area contributed by atoms with E-state index >= 15 is 0 Å². The van der Waals surface area contributed by atoms with Gasteiger partial charge in [0, 0.05) is 23.7 Å². The molecule has 10 heteroatoms. The minimum absolute atomic E-state index is 0.0949. The van der Waals surface area contributed by atoms with Crippen molar-refractivity contribution in [2.45, 2.75) is 19.4 Å². The van der Waals surface area contributed by atoms with Crippen LogP contribution in [0.3, 0.4) is 0 Å². The summed E-state index contributed by atoms with van der Waals surface area (Å²) in [5.41, 5.74) is 0.441. The molecule has 0 bridgehead atoms. The van der Waals surface area contributed by atoms with Gasteiger partial charge < -0.3 is 20.1 Å². The zero-order valence-electron chi connectivity index (χ0n) is 14.1. The van der Waals surface area contributed by atoms with Gasteiger partial charge in [-0.2, -0.15) is 0 Å². The monoisotopic (exact) mass is 365 g/mol. The SMILES string of the molecule is Cc1cc(C(=O)NCC(=O)N2CCOCC2CC(=O)O)ccc1[N+](=O)[O-]. The van der Waals surface area contributed by atoms with Gasteiger partial charge in [0.05, 0.1) is 37.1 Å². The van der Waals surface area contributed by atoms with Crippen LogP contribution in [0.15, 0.2) is 18.2 Å². The fraction of sp³-hybridized carbons (Fsp3) is 0.438. The average molecular weight is 365 g/mol. The highest BCUT2D eigenvalue weighted by molar-refractivity contribution is 5.97. The molecule has 0 radical (unpaired) electrons. The Labute approximate surface area is 148 Å². The van der Waals surface area contributed by atoms with Crippen molar-refractivity contribution in [2.75, 3.05) is 26.3 Å². The van der Waals surface area contributed by atoms with Crippen molar-refractivity contribution in [3.63, 3.8) is 0 Å². The number of carboxylic acid groups (broad SMARTS) is 1. The van der Waals surface area contributed by atoms with E-state index in [1.54, 1.807) is 0 Å². The van der Waals surface area contributed by atoms with Gasteiger partial charge in [0.1, 0.15) is 0 Å². The number of nitro benzene ring substituents is 1. The van der Waals surface area contributed by atoms with Crippen molar-refractivity contribution < 1.29 is 29.2 Å². The molecule has 0 spiro atoms. The number of nitrogens with zero attached hydrogens (tertiary/aromatic N) is 2. The second-order valence-electron chi connectivity index (χ2n) is 5.85. The van der Waals surface area contributed by atoms with Crippen LogP contribution in [0, 0.1) is 17.0 Å². The predicted octanol–water partition coefficient (Wildman–Crippen LogP) is 0.335. The van der Waals surface area contributed by atoms with E-state index in [1.165, 1.54) is 30.0 Å². The molecule has 0 aliphatic carbocycles. The summed E-state index contributed by atoms with van der Waals surface area (Å²) in [6.07, 6.45) is -0.235. The predicted molar refractivity (Wildman–Crippen MR) is 88.7 cm³/mol. The van der Waals surface area contributed by atoms with E-state index in [9.17, 15) is 24.5 Å². The zero-order valence-corrected chi connectivity index (χ0v) is 14.1. The Bertz CT molecular complexity index is 735. The van der Waals surface area contributed by atoms with E-state index in [-0.39, 0.29) is 37.4 Å². The van der Waals surface area contributed by atoms with Gasteiger partial charge in [-0.15, -0.1) is 0 Å². The summed E-state index contributed by atoms with van der Waals surface area (Å²) < 4.78 is 5.20. The molecule has 10 nitrogen and oxygen atoms in total. The summed E-state index contributed by atoms with van der Waals surface area (Å²) in [5, 5.41) is 22.2. The number of carbonyl (C=O) groups excluding carboxylic acids is 2. The van der Waals surface area contributed by atoms with Gasteiger partial charge in [0.2, 0.25) is 5.91 Å². The van der Waals surface area contributed by atoms with Gasteiger partial charge in [-0.05, 0) is 19.1 Å². The number of rotatable bonds is 6. The lowest BCUT2D eigenvalue weighted by atomic mass is 10.1. The Morgan fingerprint density at radius 1 is 1.42 bits per heavy atom. The number of morpholine rings is 1. The van der Waals surface area contributed by atoms with Crippen molar-refractivity contribution in [3.05, 3.63) is 39.4 Å². The third-order valence-electron chi connectivity index (χ3n) is 4.01. The lowest BCUT2D eigenvalue weighted by molar-refractivity contribution is -0.385. The molecule has 1 aromatic rings. The molecule has 1 atom stereocenters. The molecule has 0 aromatic heterocycles. The van der Waals surface area contributed by atoms with Crippen LogP contribution < -0.4 is 5.32 Å². The minimum Gasteiger partial charge on any atom is -0.481 e. The van der Waals surface area contributed by atoms with Crippen LogP contribution in [0.1, 0.15) is 22.3 Å². The van der Waals surface area contributed by atoms with Crippen LogP contribution in [-0.2, 0) is 14.3 Å². The molecular weight excluding hydrogens is 346 g/mol. The topological polar surface area (TPSA) is 139 Å². The summed E-state index contributed by atoms with van der Waals surface area (Å²) in [4.78, 5) is 47.0. The number of hydrogen-bond donors (Lipinski definition) is 2. The number of hydrogen-bond acceptors (Lipinski definition) is 6. The van der Waals surface area contributed by atoms with E-state index in [4.69, 9.17) is 9.84 Å². The molecule has 26 heavy (non-hydrogen) atoms. The second-order valence-corrected chi connectivity index (χ2v) is 5.85. The van der Waals surface area contributed by atoms with Crippen molar-refractivity contribution in [1.82, 2.24) is 10.2 Å². The van der Waals surface area contributed by atoms with Crippen LogP contribution in [0.25, 0.3) is 0 Å². The molecule has 2 amide bonds. The van der Waals surface area contributed by atoms with E-state index in [2.05, 4.69) is 5.32 Å². The number of carboxylic acids is 1.